The minimum atomic E-state index is -0.385. The number of hydrogen-bond donors (Lipinski definition) is 1. The number of quaternary nitrogens is 1. The SMILES string of the molecule is CCC(C(=O)N(C)C1CCCCC1)[N+]12CC(=O)NC1=NC1=CCC(=O)C=C1C2. The van der Waals surface area contributed by atoms with Crippen molar-refractivity contribution < 1.29 is 18.9 Å². The quantitative estimate of drug-likeness (QED) is 0.748. The Labute approximate surface area is 165 Å². The van der Waals surface area contributed by atoms with Gasteiger partial charge in [0.05, 0.1) is 5.70 Å². The number of carbonyl (C=O) groups excluding carboxylic acids is 3. The number of aliphatic imine (C=N–C) groups is 1. The number of fused-ring (bicyclic) bond motifs is 2. The Hall–Kier alpha value is -2.28. The minimum absolute atomic E-state index is 0.0488. The molecule has 2 aliphatic carbocycles. The van der Waals surface area contributed by atoms with Gasteiger partial charge in [0.1, 0.15) is 6.54 Å². The van der Waals surface area contributed by atoms with Gasteiger partial charge in [-0.05, 0) is 18.9 Å². The van der Waals surface area contributed by atoms with E-state index in [0.29, 0.717) is 25.3 Å². The summed E-state index contributed by atoms with van der Waals surface area (Å²) >= 11 is 0. The van der Waals surface area contributed by atoms with Gasteiger partial charge in [-0.15, -0.1) is 0 Å². The zero-order valence-electron chi connectivity index (χ0n) is 16.7. The van der Waals surface area contributed by atoms with Crippen LogP contribution in [0, 0.1) is 0 Å². The van der Waals surface area contributed by atoms with Gasteiger partial charge in [0.2, 0.25) is 0 Å². The first-order valence-corrected chi connectivity index (χ1v) is 10.4. The van der Waals surface area contributed by atoms with Crippen molar-refractivity contribution in [2.45, 2.75) is 64.0 Å². The average molecular weight is 385 g/mol. The van der Waals surface area contributed by atoms with E-state index in [4.69, 9.17) is 0 Å². The van der Waals surface area contributed by atoms with E-state index in [1.54, 1.807) is 6.08 Å². The highest BCUT2D eigenvalue weighted by Crippen LogP contribution is 2.35. The molecule has 2 unspecified atom stereocenters. The van der Waals surface area contributed by atoms with Crippen LogP contribution in [0.5, 0.6) is 0 Å². The van der Waals surface area contributed by atoms with Gasteiger partial charge in [0, 0.05) is 31.5 Å². The van der Waals surface area contributed by atoms with Gasteiger partial charge in [-0.2, -0.15) is 4.99 Å². The third kappa shape index (κ3) is 3.11. The number of rotatable bonds is 4. The highest BCUT2D eigenvalue weighted by atomic mass is 16.2. The summed E-state index contributed by atoms with van der Waals surface area (Å²) in [4.78, 5) is 44.4. The fourth-order valence-corrected chi connectivity index (χ4v) is 5.17. The van der Waals surface area contributed by atoms with E-state index < -0.39 is 0 Å². The van der Waals surface area contributed by atoms with E-state index in [0.717, 1.165) is 37.0 Å². The van der Waals surface area contributed by atoms with Gasteiger partial charge in [0.25, 0.3) is 11.8 Å². The van der Waals surface area contributed by atoms with Crippen molar-refractivity contribution in [2.75, 3.05) is 20.1 Å². The van der Waals surface area contributed by atoms with E-state index in [-0.39, 0.29) is 40.7 Å². The van der Waals surface area contributed by atoms with Crippen LogP contribution >= 0.6 is 0 Å². The molecule has 2 amide bonds. The second-order valence-electron chi connectivity index (χ2n) is 8.43. The van der Waals surface area contributed by atoms with E-state index in [1.807, 2.05) is 24.9 Å². The van der Waals surface area contributed by atoms with Crippen LogP contribution in [-0.4, -0.2) is 65.2 Å². The number of guanidine groups is 1. The van der Waals surface area contributed by atoms with Crippen molar-refractivity contribution in [3.05, 3.63) is 23.4 Å². The Kier molecular flexibility index (Phi) is 4.95. The van der Waals surface area contributed by atoms with Crippen LogP contribution in [0.2, 0.25) is 0 Å². The number of amides is 2. The molecule has 0 radical (unpaired) electrons. The molecular weight excluding hydrogens is 356 g/mol. The predicted molar refractivity (Wildman–Crippen MR) is 105 cm³/mol. The van der Waals surface area contributed by atoms with Gasteiger partial charge in [-0.3, -0.25) is 19.7 Å². The fourth-order valence-electron chi connectivity index (χ4n) is 5.17. The third-order valence-corrected chi connectivity index (χ3v) is 6.68. The van der Waals surface area contributed by atoms with Crippen molar-refractivity contribution in [1.82, 2.24) is 10.2 Å². The molecule has 4 rings (SSSR count). The summed E-state index contributed by atoms with van der Waals surface area (Å²) in [6.07, 6.45) is 10.1. The van der Waals surface area contributed by atoms with Crippen LogP contribution in [0.4, 0.5) is 0 Å². The van der Waals surface area contributed by atoms with Gasteiger partial charge < -0.3 is 4.90 Å². The first-order valence-electron chi connectivity index (χ1n) is 10.4. The largest absolute Gasteiger partial charge is 0.338 e. The van der Waals surface area contributed by atoms with Crippen LogP contribution in [0.3, 0.4) is 0 Å². The number of ketones is 1. The molecule has 150 valence electrons. The molecule has 0 aromatic carbocycles. The maximum Gasteiger partial charge on any atom is 0.311 e. The molecule has 0 bridgehead atoms. The summed E-state index contributed by atoms with van der Waals surface area (Å²) < 4.78 is 0.182. The normalized spacial score (nSPS) is 28.4. The summed E-state index contributed by atoms with van der Waals surface area (Å²) in [7, 11) is 1.90. The van der Waals surface area contributed by atoms with Gasteiger partial charge in [-0.1, -0.05) is 32.3 Å². The highest BCUT2D eigenvalue weighted by Gasteiger charge is 2.55. The molecular formula is C21H29N4O3+. The third-order valence-electron chi connectivity index (χ3n) is 6.68. The highest BCUT2D eigenvalue weighted by molar-refractivity contribution is 6.03. The molecule has 7 heteroatoms. The Morgan fingerprint density at radius 1 is 1.29 bits per heavy atom. The molecule has 1 N–H and O–H groups in total. The fraction of sp³-hybridized carbons (Fsp3) is 0.619. The predicted octanol–water partition coefficient (Wildman–Crippen LogP) is 1.66. The molecule has 7 nitrogen and oxygen atoms in total. The minimum Gasteiger partial charge on any atom is -0.338 e. The molecule has 2 aliphatic heterocycles. The number of hydrogen-bond acceptors (Lipinski definition) is 4. The van der Waals surface area contributed by atoms with Gasteiger partial charge in [-0.25, -0.2) is 4.48 Å². The summed E-state index contributed by atoms with van der Waals surface area (Å²) in [5.74, 6) is 0.568. The number of nitrogens with one attached hydrogen (secondary N) is 1. The second kappa shape index (κ2) is 7.28. The van der Waals surface area contributed by atoms with E-state index in [1.165, 1.54) is 6.42 Å². The molecule has 2 fully saturated rings. The number of allylic oxidation sites excluding steroid dienone is 2. The molecule has 0 aromatic heterocycles. The van der Waals surface area contributed by atoms with Gasteiger partial charge in [0.15, 0.2) is 18.4 Å². The molecule has 0 spiro atoms. The average Bonchev–Trinajstić information content (AvgIpc) is 3.01. The van der Waals surface area contributed by atoms with E-state index in [2.05, 4.69) is 10.3 Å². The number of nitrogens with zero attached hydrogens (tertiary/aromatic N) is 3. The first kappa shape index (κ1) is 19.1. The lowest BCUT2D eigenvalue weighted by molar-refractivity contribution is -0.843. The summed E-state index contributed by atoms with van der Waals surface area (Å²) in [5, 5.41) is 2.89. The zero-order chi connectivity index (χ0) is 19.9. The molecule has 28 heavy (non-hydrogen) atoms. The Morgan fingerprint density at radius 3 is 2.75 bits per heavy atom. The van der Waals surface area contributed by atoms with Crippen LogP contribution in [0.1, 0.15) is 51.9 Å². The lowest BCUT2D eigenvalue weighted by Crippen LogP contribution is -2.65. The molecule has 1 saturated carbocycles. The lowest BCUT2D eigenvalue weighted by Gasteiger charge is -2.43. The molecule has 0 aromatic rings. The topological polar surface area (TPSA) is 78.8 Å². The maximum absolute atomic E-state index is 13.6. The van der Waals surface area contributed by atoms with Crippen molar-refractivity contribution in [1.29, 1.82) is 0 Å². The van der Waals surface area contributed by atoms with E-state index in [9.17, 15) is 14.4 Å². The molecule has 4 aliphatic rings. The Morgan fingerprint density at radius 2 is 2.04 bits per heavy atom. The summed E-state index contributed by atoms with van der Waals surface area (Å²) in [5.41, 5.74) is 1.59. The Bertz CT molecular complexity index is 806. The van der Waals surface area contributed by atoms with E-state index >= 15 is 0 Å². The molecule has 2 atom stereocenters. The van der Waals surface area contributed by atoms with Crippen molar-refractivity contribution in [3.8, 4) is 0 Å². The molecule has 1 saturated heterocycles. The monoisotopic (exact) mass is 385 g/mol. The maximum atomic E-state index is 13.6. The Balaban J connectivity index is 1.69. The van der Waals surface area contributed by atoms with Crippen molar-refractivity contribution in [2.24, 2.45) is 4.99 Å². The van der Waals surface area contributed by atoms with Crippen LogP contribution in [-0.2, 0) is 14.4 Å². The smallest absolute Gasteiger partial charge is 0.311 e. The second-order valence-corrected chi connectivity index (χ2v) is 8.43. The van der Waals surface area contributed by atoms with Crippen molar-refractivity contribution in [3.63, 3.8) is 0 Å². The summed E-state index contributed by atoms with van der Waals surface area (Å²) in [6.45, 7) is 2.65. The number of carbonyl (C=O) groups is 3. The van der Waals surface area contributed by atoms with Crippen LogP contribution < -0.4 is 5.32 Å². The van der Waals surface area contributed by atoms with Crippen LogP contribution in [0.25, 0.3) is 0 Å². The first-order chi connectivity index (χ1) is 13.4. The standard InChI is InChI=1S/C21H28N4O3/c1-3-18(20(28)24(2)15-7-5-4-6-8-15)25-12-14-11-16(26)9-10-17(14)22-21(25)23-19(27)13-25/h10-11,15,18H,3-9,12-13H2,1-2H3/p+1. The molecule has 2 heterocycles. The van der Waals surface area contributed by atoms with Gasteiger partial charge >= 0.3 is 5.96 Å². The number of likely N-dealkylation sites (N-methyl/N-ethyl adjacent to an activating group) is 1. The lowest BCUT2D eigenvalue weighted by atomic mass is 9.93. The summed E-state index contributed by atoms with van der Waals surface area (Å²) in [6, 6.07) is -0.111. The zero-order valence-corrected chi connectivity index (χ0v) is 16.7. The van der Waals surface area contributed by atoms with Crippen molar-refractivity contribution >= 4 is 23.6 Å². The van der Waals surface area contributed by atoms with Crippen LogP contribution in [0.15, 0.2) is 28.4 Å².